The Morgan fingerprint density at radius 1 is 1.18 bits per heavy atom. The van der Waals surface area contributed by atoms with E-state index < -0.39 is 23.6 Å². The average molecular weight is 488 g/mol. The average Bonchev–Trinajstić information content (AvgIpc) is 3.20. The van der Waals surface area contributed by atoms with Crippen LogP contribution in [0.4, 0.5) is 13.2 Å². The molecule has 3 N–H and O–H groups in total. The number of amides is 1. The summed E-state index contributed by atoms with van der Waals surface area (Å²) in [7, 11) is 0. The number of fused-ring (bicyclic) bond motifs is 1. The number of carbonyl (C=O) groups excluding carboxylic acids is 1. The monoisotopic (exact) mass is 487 g/mol. The molecule has 6 nitrogen and oxygen atoms in total. The predicted molar refractivity (Wildman–Crippen MR) is 118 cm³/mol. The lowest BCUT2D eigenvalue weighted by Crippen LogP contribution is -2.60. The van der Waals surface area contributed by atoms with Crippen molar-refractivity contribution >= 4 is 28.5 Å². The quantitative estimate of drug-likeness (QED) is 0.619. The number of hydrogen-bond donors (Lipinski definition) is 2. The third-order valence-corrected chi connectivity index (χ3v) is 7.77. The molecule has 2 aromatic rings. The third-order valence-electron chi connectivity index (χ3n) is 7.54. The van der Waals surface area contributed by atoms with Gasteiger partial charge in [-0.25, -0.2) is 0 Å². The molecule has 1 saturated carbocycles. The van der Waals surface area contributed by atoms with Gasteiger partial charge in [-0.3, -0.25) is 4.79 Å². The van der Waals surface area contributed by atoms with Crippen molar-refractivity contribution in [2.75, 3.05) is 19.6 Å². The van der Waals surface area contributed by atoms with Gasteiger partial charge in [0, 0.05) is 28.3 Å². The number of benzene rings is 1. The smallest absolute Gasteiger partial charge is 0.372 e. The maximum Gasteiger partial charge on any atom is 0.426 e. The number of aliphatic hydroxyl groups is 1. The van der Waals surface area contributed by atoms with Crippen molar-refractivity contribution < 1.29 is 27.6 Å². The lowest BCUT2D eigenvalue weighted by molar-refractivity contribution is -0.270. The molecule has 1 amide bonds. The summed E-state index contributed by atoms with van der Waals surface area (Å²) in [5.74, 6) is -2.26. The number of primary amides is 1. The van der Waals surface area contributed by atoms with Gasteiger partial charge in [0.25, 0.3) is 5.91 Å². The van der Waals surface area contributed by atoms with Crippen LogP contribution in [0.3, 0.4) is 0 Å². The molecule has 1 aliphatic heterocycles. The van der Waals surface area contributed by atoms with Crippen molar-refractivity contribution in [3.05, 3.63) is 28.9 Å². The van der Waals surface area contributed by atoms with Crippen molar-refractivity contribution in [3.63, 3.8) is 0 Å². The van der Waals surface area contributed by atoms with Crippen LogP contribution in [0.1, 0.15) is 56.6 Å². The Balaban J connectivity index is 1.24. The first-order valence-electron chi connectivity index (χ1n) is 11.5. The van der Waals surface area contributed by atoms with E-state index in [4.69, 9.17) is 21.9 Å². The van der Waals surface area contributed by atoms with Gasteiger partial charge in [-0.05, 0) is 69.8 Å². The fourth-order valence-corrected chi connectivity index (χ4v) is 5.62. The molecule has 2 aliphatic rings. The van der Waals surface area contributed by atoms with Gasteiger partial charge in [0.05, 0.1) is 5.69 Å². The molecule has 1 unspecified atom stereocenters. The van der Waals surface area contributed by atoms with Gasteiger partial charge < -0.3 is 20.3 Å². The highest BCUT2D eigenvalue weighted by Crippen LogP contribution is 2.44. The van der Waals surface area contributed by atoms with Crippen molar-refractivity contribution in [3.8, 4) is 0 Å². The van der Waals surface area contributed by atoms with Gasteiger partial charge in [-0.15, -0.1) is 0 Å². The Hall–Kier alpha value is -1.84. The summed E-state index contributed by atoms with van der Waals surface area (Å²) in [6.45, 7) is 2.74. The van der Waals surface area contributed by atoms with Gasteiger partial charge in [0.2, 0.25) is 5.60 Å². The highest BCUT2D eigenvalue weighted by Gasteiger charge is 2.63. The molecule has 33 heavy (non-hydrogen) atoms. The molecule has 1 aliphatic carbocycles. The molecule has 1 atom stereocenters. The number of nitrogens with zero attached hydrogens (tertiary/aromatic N) is 2. The third kappa shape index (κ3) is 4.86. The summed E-state index contributed by atoms with van der Waals surface area (Å²) >= 11 is 6.02. The largest absolute Gasteiger partial charge is 0.426 e. The molecule has 4 rings (SSSR count). The van der Waals surface area contributed by atoms with Gasteiger partial charge in [-0.2, -0.15) is 13.2 Å². The highest BCUT2D eigenvalue weighted by molar-refractivity contribution is 6.31. The van der Waals surface area contributed by atoms with E-state index in [1.54, 1.807) is 6.07 Å². The Morgan fingerprint density at radius 2 is 1.85 bits per heavy atom. The number of carbonyl (C=O) groups is 1. The van der Waals surface area contributed by atoms with Crippen molar-refractivity contribution in [1.82, 2.24) is 10.1 Å². The van der Waals surface area contributed by atoms with Crippen LogP contribution in [0.5, 0.6) is 0 Å². The molecule has 1 aromatic heterocycles. The van der Waals surface area contributed by atoms with Crippen LogP contribution >= 0.6 is 11.6 Å². The Morgan fingerprint density at radius 3 is 2.45 bits per heavy atom. The molecule has 0 radical (unpaired) electrons. The lowest BCUT2D eigenvalue weighted by atomic mass is 9.72. The second-order valence-corrected chi connectivity index (χ2v) is 9.90. The standard InChI is InChI=1S/C23H29ClF3N3O3/c24-17-5-6-18-19(13-17)33-29-20(18)15-8-11-30(12-9-15)10-7-14-1-3-16(4-2-14)22(32,21(28)31)23(25,26)27/h5-6,13-16,32H,1-4,7-12H2,(H2,28,31). The minimum Gasteiger partial charge on any atom is -0.372 e. The van der Waals surface area contributed by atoms with Crippen molar-refractivity contribution in [2.24, 2.45) is 17.6 Å². The number of likely N-dealkylation sites (tertiary alicyclic amines) is 1. The van der Waals surface area contributed by atoms with Crippen LogP contribution in [0.25, 0.3) is 11.0 Å². The Kier molecular flexibility index (Phi) is 6.94. The minimum atomic E-state index is -5.05. The predicted octanol–water partition coefficient (Wildman–Crippen LogP) is 4.64. The SMILES string of the molecule is NC(=O)C(O)(C1CCC(CCN2CCC(c3noc4cc(Cl)ccc34)CC2)CC1)C(F)(F)F. The fourth-order valence-electron chi connectivity index (χ4n) is 5.46. The summed E-state index contributed by atoms with van der Waals surface area (Å²) in [6.07, 6.45) is -0.821. The van der Waals surface area contributed by atoms with Crippen molar-refractivity contribution in [1.29, 1.82) is 0 Å². The molecule has 0 bridgehead atoms. The first-order valence-corrected chi connectivity index (χ1v) is 11.8. The topological polar surface area (TPSA) is 92.6 Å². The molecular formula is C23H29ClF3N3O3. The summed E-state index contributed by atoms with van der Waals surface area (Å²) < 4.78 is 45.3. The van der Waals surface area contributed by atoms with E-state index in [9.17, 15) is 23.1 Å². The maximum absolute atomic E-state index is 13.3. The first kappa shape index (κ1) is 24.3. The van der Waals surface area contributed by atoms with Gasteiger partial charge >= 0.3 is 6.18 Å². The van der Waals surface area contributed by atoms with Crippen LogP contribution in [0.15, 0.2) is 22.7 Å². The molecule has 182 valence electrons. The number of aromatic nitrogens is 1. The van der Waals surface area contributed by atoms with E-state index in [1.807, 2.05) is 12.1 Å². The Bertz CT molecular complexity index is 982. The summed E-state index contributed by atoms with van der Waals surface area (Å²) in [6, 6.07) is 5.56. The molecule has 2 fully saturated rings. The van der Waals surface area contributed by atoms with Crippen LogP contribution < -0.4 is 5.73 Å². The number of rotatable bonds is 6. The lowest BCUT2D eigenvalue weighted by Gasteiger charge is -2.39. The van der Waals surface area contributed by atoms with Crippen LogP contribution in [-0.4, -0.2) is 52.5 Å². The number of piperidine rings is 1. The number of hydrogen-bond acceptors (Lipinski definition) is 5. The van der Waals surface area contributed by atoms with Crippen LogP contribution in [0.2, 0.25) is 5.02 Å². The van der Waals surface area contributed by atoms with E-state index in [2.05, 4.69) is 10.1 Å². The highest BCUT2D eigenvalue weighted by atomic mass is 35.5. The molecule has 0 spiro atoms. The summed E-state index contributed by atoms with van der Waals surface area (Å²) in [5.41, 5.74) is 3.17. The number of halogens is 4. The number of nitrogens with two attached hydrogens (primary N) is 1. The fraction of sp³-hybridized carbons (Fsp3) is 0.652. The minimum absolute atomic E-state index is 0.148. The van der Waals surface area contributed by atoms with Gasteiger partial charge in [-0.1, -0.05) is 29.6 Å². The van der Waals surface area contributed by atoms with E-state index in [1.165, 1.54) is 0 Å². The van der Waals surface area contributed by atoms with Gasteiger partial charge in [0.15, 0.2) is 5.58 Å². The van der Waals surface area contributed by atoms with E-state index in [-0.39, 0.29) is 18.8 Å². The normalized spacial score (nSPS) is 25.2. The number of alkyl halides is 3. The van der Waals surface area contributed by atoms with E-state index in [0.29, 0.717) is 29.4 Å². The second kappa shape index (κ2) is 9.43. The maximum atomic E-state index is 13.3. The second-order valence-electron chi connectivity index (χ2n) is 9.46. The molecular weight excluding hydrogens is 459 g/mol. The van der Waals surface area contributed by atoms with E-state index >= 15 is 0 Å². The molecule has 10 heteroatoms. The molecule has 2 heterocycles. The van der Waals surface area contributed by atoms with E-state index in [0.717, 1.165) is 50.0 Å². The van der Waals surface area contributed by atoms with Gasteiger partial charge in [0.1, 0.15) is 0 Å². The summed E-state index contributed by atoms with van der Waals surface area (Å²) in [5, 5.41) is 15.9. The van der Waals surface area contributed by atoms with Crippen molar-refractivity contribution in [2.45, 2.75) is 62.6 Å². The zero-order valence-electron chi connectivity index (χ0n) is 18.3. The molecule has 1 aromatic carbocycles. The zero-order valence-corrected chi connectivity index (χ0v) is 19.0. The Labute approximate surface area is 195 Å². The molecule has 1 saturated heterocycles. The summed E-state index contributed by atoms with van der Waals surface area (Å²) in [4.78, 5) is 13.8. The van der Waals surface area contributed by atoms with Crippen LogP contribution in [0, 0.1) is 11.8 Å². The zero-order chi connectivity index (χ0) is 23.8. The first-order chi connectivity index (χ1) is 15.6. The van der Waals surface area contributed by atoms with Crippen LogP contribution in [-0.2, 0) is 4.79 Å².